The molecule has 0 bridgehead atoms. The Bertz CT molecular complexity index is 397. The summed E-state index contributed by atoms with van der Waals surface area (Å²) in [6.07, 6.45) is 3.85. The van der Waals surface area contributed by atoms with E-state index < -0.39 is 0 Å². The number of carbonyl (C=O) groups excluding carboxylic acids is 1. The van der Waals surface area contributed by atoms with Gasteiger partial charge < -0.3 is 14.8 Å². The third-order valence-corrected chi connectivity index (χ3v) is 3.83. The fourth-order valence-electron chi connectivity index (χ4n) is 2.43. The maximum absolute atomic E-state index is 12.0. The minimum atomic E-state index is -0.126. The summed E-state index contributed by atoms with van der Waals surface area (Å²) in [7, 11) is 0. The molecule has 0 saturated heterocycles. The van der Waals surface area contributed by atoms with E-state index in [9.17, 15) is 4.79 Å². The zero-order valence-corrected chi connectivity index (χ0v) is 11.0. The van der Waals surface area contributed by atoms with Crippen LogP contribution in [0.1, 0.15) is 47.6 Å². The lowest BCUT2D eigenvalue weighted by Crippen LogP contribution is -2.37. The van der Waals surface area contributed by atoms with Crippen LogP contribution in [0.4, 0.5) is 0 Å². The van der Waals surface area contributed by atoms with E-state index in [1.54, 1.807) is 6.07 Å². The molecule has 1 amide bonds. The van der Waals surface area contributed by atoms with Crippen LogP contribution < -0.4 is 5.32 Å². The van der Waals surface area contributed by atoms with Crippen LogP contribution in [-0.2, 0) is 0 Å². The Morgan fingerprint density at radius 1 is 1.39 bits per heavy atom. The normalized spacial score (nSPS) is 23.9. The van der Waals surface area contributed by atoms with E-state index in [2.05, 4.69) is 5.32 Å². The minimum absolute atomic E-state index is 0.126. The lowest BCUT2D eigenvalue weighted by atomic mass is 9.86. The highest BCUT2D eigenvalue weighted by Crippen LogP contribution is 2.24. The summed E-state index contributed by atoms with van der Waals surface area (Å²) in [6, 6.07) is 2.00. The molecule has 1 saturated carbocycles. The maximum atomic E-state index is 12.0. The van der Waals surface area contributed by atoms with Crippen LogP contribution in [0, 0.1) is 19.8 Å². The van der Waals surface area contributed by atoms with Crippen molar-refractivity contribution in [3.05, 3.63) is 23.2 Å². The number of rotatable bonds is 3. The smallest absolute Gasteiger partial charge is 0.287 e. The molecule has 2 N–H and O–H groups in total. The number of aliphatic hydroxyl groups excluding tert-OH is 1. The van der Waals surface area contributed by atoms with Gasteiger partial charge in [-0.2, -0.15) is 0 Å². The predicted octanol–water partition coefficient (Wildman–Crippen LogP) is 2.18. The first-order valence-corrected chi connectivity index (χ1v) is 6.59. The van der Waals surface area contributed by atoms with Crippen LogP contribution in [0.3, 0.4) is 0 Å². The first-order chi connectivity index (χ1) is 8.60. The fraction of sp³-hybridized carbons (Fsp3) is 0.643. The number of hydrogen-bond acceptors (Lipinski definition) is 3. The number of furan rings is 1. The molecule has 1 aliphatic carbocycles. The Labute approximate surface area is 107 Å². The van der Waals surface area contributed by atoms with E-state index in [1.807, 2.05) is 13.8 Å². The van der Waals surface area contributed by atoms with Crippen molar-refractivity contribution in [2.45, 2.75) is 45.6 Å². The van der Waals surface area contributed by atoms with Gasteiger partial charge in [-0.1, -0.05) is 0 Å². The van der Waals surface area contributed by atoms with Gasteiger partial charge in [-0.3, -0.25) is 4.79 Å². The van der Waals surface area contributed by atoms with Crippen molar-refractivity contribution < 1.29 is 14.3 Å². The molecule has 0 aromatic carbocycles. The van der Waals surface area contributed by atoms with E-state index in [1.165, 1.54) is 0 Å². The standard InChI is InChI=1S/C14H21NO3/c1-9-7-13(18-10(9)2)14(17)15-12-5-3-11(8-16)4-6-12/h7,11-12,16H,3-6,8H2,1-2H3,(H,15,17). The van der Waals surface area contributed by atoms with Crippen LogP contribution in [0.5, 0.6) is 0 Å². The van der Waals surface area contributed by atoms with E-state index >= 15 is 0 Å². The molecule has 1 heterocycles. The van der Waals surface area contributed by atoms with Crippen LogP contribution in [0.2, 0.25) is 0 Å². The van der Waals surface area contributed by atoms with Crippen molar-refractivity contribution in [1.82, 2.24) is 5.32 Å². The lowest BCUT2D eigenvalue weighted by molar-refractivity contribution is 0.0884. The van der Waals surface area contributed by atoms with Gasteiger partial charge in [-0.05, 0) is 57.1 Å². The summed E-state index contributed by atoms with van der Waals surface area (Å²) in [5, 5.41) is 12.1. The first-order valence-electron chi connectivity index (χ1n) is 6.59. The maximum Gasteiger partial charge on any atom is 0.287 e. The van der Waals surface area contributed by atoms with Gasteiger partial charge in [0.25, 0.3) is 5.91 Å². The van der Waals surface area contributed by atoms with Gasteiger partial charge in [0.05, 0.1) is 0 Å². The summed E-state index contributed by atoms with van der Waals surface area (Å²) in [5.41, 5.74) is 1.00. The number of carbonyl (C=O) groups is 1. The molecule has 100 valence electrons. The number of aliphatic hydroxyl groups is 1. The number of nitrogens with one attached hydrogen (secondary N) is 1. The predicted molar refractivity (Wildman–Crippen MR) is 68.5 cm³/mol. The Kier molecular flexibility index (Phi) is 4.07. The summed E-state index contributed by atoms with van der Waals surface area (Å²) in [4.78, 5) is 12.0. The monoisotopic (exact) mass is 251 g/mol. The van der Waals surface area contributed by atoms with Gasteiger partial charge in [0.15, 0.2) is 5.76 Å². The third-order valence-electron chi connectivity index (χ3n) is 3.83. The first kappa shape index (κ1) is 13.1. The van der Waals surface area contributed by atoms with Crippen molar-refractivity contribution in [2.75, 3.05) is 6.61 Å². The van der Waals surface area contributed by atoms with Gasteiger partial charge in [0, 0.05) is 12.6 Å². The molecular formula is C14H21NO3. The molecular weight excluding hydrogens is 230 g/mol. The zero-order chi connectivity index (χ0) is 13.1. The van der Waals surface area contributed by atoms with E-state index in [-0.39, 0.29) is 18.6 Å². The number of aryl methyl sites for hydroxylation is 2. The van der Waals surface area contributed by atoms with Crippen molar-refractivity contribution in [3.63, 3.8) is 0 Å². The fourth-order valence-corrected chi connectivity index (χ4v) is 2.43. The molecule has 1 aromatic heterocycles. The number of amides is 1. The summed E-state index contributed by atoms with van der Waals surface area (Å²) in [6.45, 7) is 4.05. The summed E-state index contributed by atoms with van der Waals surface area (Å²) in [5.74, 6) is 1.48. The molecule has 18 heavy (non-hydrogen) atoms. The Hall–Kier alpha value is -1.29. The second-order valence-electron chi connectivity index (χ2n) is 5.22. The van der Waals surface area contributed by atoms with Crippen molar-refractivity contribution in [3.8, 4) is 0 Å². The molecule has 1 aliphatic rings. The molecule has 0 radical (unpaired) electrons. The molecule has 1 aromatic rings. The highest BCUT2D eigenvalue weighted by Gasteiger charge is 2.23. The second kappa shape index (κ2) is 5.57. The van der Waals surface area contributed by atoms with Crippen molar-refractivity contribution >= 4 is 5.91 Å². The Balaban J connectivity index is 1.88. The van der Waals surface area contributed by atoms with E-state index in [0.29, 0.717) is 11.7 Å². The van der Waals surface area contributed by atoms with Gasteiger partial charge in [-0.25, -0.2) is 0 Å². The highest BCUT2D eigenvalue weighted by atomic mass is 16.3. The molecule has 2 rings (SSSR count). The molecule has 0 unspecified atom stereocenters. The minimum Gasteiger partial charge on any atom is -0.456 e. The lowest BCUT2D eigenvalue weighted by Gasteiger charge is -2.27. The molecule has 1 fully saturated rings. The zero-order valence-electron chi connectivity index (χ0n) is 11.0. The average molecular weight is 251 g/mol. The Morgan fingerprint density at radius 2 is 2.06 bits per heavy atom. The summed E-state index contributed by atoms with van der Waals surface area (Å²) >= 11 is 0. The third kappa shape index (κ3) is 2.93. The van der Waals surface area contributed by atoms with Gasteiger partial charge in [0.1, 0.15) is 5.76 Å². The van der Waals surface area contributed by atoms with Crippen LogP contribution in [0.25, 0.3) is 0 Å². The molecule has 4 nitrogen and oxygen atoms in total. The van der Waals surface area contributed by atoms with Crippen LogP contribution in [-0.4, -0.2) is 23.7 Å². The van der Waals surface area contributed by atoms with Crippen molar-refractivity contribution in [2.24, 2.45) is 5.92 Å². The average Bonchev–Trinajstić information content (AvgIpc) is 2.71. The highest BCUT2D eigenvalue weighted by molar-refractivity contribution is 5.91. The van der Waals surface area contributed by atoms with E-state index in [0.717, 1.165) is 37.0 Å². The van der Waals surface area contributed by atoms with E-state index in [4.69, 9.17) is 9.52 Å². The quantitative estimate of drug-likeness (QED) is 0.865. The van der Waals surface area contributed by atoms with Crippen LogP contribution in [0.15, 0.2) is 10.5 Å². The van der Waals surface area contributed by atoms with Gasteiger partial charge >= 0.3 is 0 Å². The molecule has 4 heteroatoms. The molecule has 0 spiro atoms. The van der Waals surface area contributed by atoms with Crippen molar-refractivity contribution in [1.29, 1.82) is 0 Å². The second-order valence-corrected chi connectivity index (χ2v) is 5.22. The SMILES string of the molecule is Cc1cc(C(=O)NC2CCC(CO)CC2)oc1C. The number of hydrogen-bond donors (Lipinski definition) is 2. The largest absolute Gasteiger partial charge is 0.456 e. The molecule has 0 aliphatic heterocycles. The van der Waals surface area contributed by atoms with Crippen LogP contribution >= 0.6 is 0 Å². The van der Waals surface area contributed by atoms with Gasteiger partial charge in [-0.15, -0.1) is 0 Å². The summed E-state index contributed by atoms with van der Waals surface area (Å²) < 4.78 is 5.41. The molecule has 0 atom stereocenters. The van der Waals surface area contributed by atoms with Gasteiger partial charge in [0.2, 0.25) is 0 Å². The Morgan fingerprint density at radius 3 is 2.56 bits per heavy atom. The topological polar surface area (TPSA) is 62.5 Å².